The van der Waals surface area contributed by atoms with Gasteiger partial charge in [0.2, 0.25) is 5.88 Å². The Labute approximate surface area is 138 Å². The number of ether oxygens (including phenoxy) is 1. The van der Waals surface area contributed by atoms with Crippen LogP contribution in [0.25, 0.3) is 11.3 Å². The van der Waals surface area contributed by atoms with Gasteiger partial charge in [0.15, 0.2) is 0 Å². The van der Waals surface area contributed by atoms with E-state index in [1.807, 2.05) is 42.5 Å². The first kappa shape index (κ1) is 15.2. The number of carbonyl (C=O) groups excluding carboxylic acids is 1. The molecule has 1 N–H and O–H groups in total. The maximum Gasteiger partial charge on any atom is 0.263 e. The van der Waals surface area contributed by atoms with Crippen molar-refractivity contribution in [2.24, 2.45) is 0 Å². The summed E-state index contributed by atoms with van der Waals surface area (Å²) in [5.41, 5.74) is 2.54. The van der Waals surface area contributed by atoms with Crippen LogP contribution in [0.4, 0.5) is 0 Å². The van der Waals surface area contributed by atoms with Crippen molar-refractivity contribution < 1.29 is 9.53 Å². The summed E-state index contributed by atoms with van der Waals surface area (Å²) in [5.74, 6) is 0.371. The molecule has 3 rings (SSSR count). The highest BCUT2D eigenvalue weighted by Gasteiger charge is 2.11. The Kier molecular flexibility index (Phi) is 4.63. The highest BCUT2D eigenvalue weighted by molar-refractivity contribution is 7.08. The molecule has 3 aromatic rings. The van der Waals surface area contributed by atoms with Crippen LogP contribution in [-0.4, -0.2) is 22.4 Å². The topological polar surface area (TPSA) is 64.1 Å². The fourth-order valence-electron chi connectivity index (χ4n) is 2.05. The molecule has 2 aromatic heterocycles. The second-order valence-corrected chi connectivity index (χ2v) is 5.60. The number of pyridine rings is 1. The minimum Gasteiger partial charge on any atom is -0.481 e. The van der Waals surface area contributed by atoms with E-state index in [2.05, 4.69) is 14.7 Å². The average Bonchev–Trinajstić information content (AvgIpc) is 3.11. The molecule has 1 aromatic carbocycles. The number of nitrogens with one attached hydrogen (secondary N) is 1. The lowest BCUT2D eigenvalue weighted by Gasteiger charge is -2.04. The van der Waals surface area contributed by atoms with E-state index < -0.39 is 0 Å². The zero-order chi connectivity index (χ0) is 16.1. The predicted octanol–water partition coefficient (Wildman–Crippen LogP) is 3.14. The summed E-state index contributed by atoms with van der Waals surface area (Å²) >= 11 is 1.19. The molecule has 0 unspecified atom stereocenters. The van der Waals surface area contributed by atoms with E-state index in [0.29, 0.717) is 17.3 Å². The van der Waals surface area contributed by atoms with Gasteiger partial charge < -0.3 is 10.1 Å². The molecule has 6 heteroatoms. The third-order valence-electron chi connectivity index (χ3n) is 3.22. The third kappa shape index (κ3) is 3.73. The number of methoxy groups -OCH3 is 1. The summed E-state index contributed by atoms with van der Waals surface area (Å²) in [4.78, 5) is 17.1. The summed E-state index contributed by atoms with van der Waals surface area (Å²) in [6.07, 6.45) is 0. The molecule has 0 bridgehead atoms. The molecule has 0 atom stereocenters. The molecule has 0 aliphatic carbocycles. The van der Waals surface area contributed by atoms with Crippen molar-refractivity contribution in [2.75, 3.05) is 7.11 Å². The number of benzene rings is 1. The highest BCUT2D eigenvalue weighted by atomic mass is 32.1. The summed E-state index contributed by atoms with van der Waals surface area (Å²) in [6, 6.07) is 17.0. The van der Waals surface area contributed by atoms with Crippen molar-refractivity contribution >= 4 is 17.4 Å². The number of hydrogen-bond acceptors (Lipinski definition) is 5. The molecule has 23 heavy (non-hydrogen) atoms. The lowest BCUT2D eigenvalue weighted by molar-refractivity contribution is 0.0954. The quantitative estimate of drug-likeness (QED) is 0.783. The van der Waals surface area contributed by atoms with E-state index in [-0.39, 0.29) is 5.91 Å². The second kappa shape index (κ2) is 7.02. The van der Waals surface area contributed by atoms with Gasteiger partial charge >= 0.3 is 0 Å². The Balaban J connectivity index is 1.66. The first-order valence-corrected chi connectivity index (χ1v) is 7.84. The lowest BCUT2D eigenvalue weighted by Crippen LogP contribution is -2.22. The number of aromatic nitrogens is 2. The van der Waals surface area contributed by atoms with Crippen LogP contribution in [0.1, 0.15) is 15.4 Å². The first-order valence-electron chi connectivity index (χ1n) is 7.06. The Morgan fingerprint density at radius 2 is 2.00 bits per heavy atom. The molecule has 0 saturated heterocycles. The first-order chi connectivity index (χ1) is 11.3. The summed E-state index contributed by atoms with van der Waals surface area (Å²) in [6.45, 7) is 0.342. The van der Waals surface area contributed by atoms with Gasteiger partial charge in [-0.05, 0) is 23.7 Å². The maximum atomic E-state index is 12.2. The van der Waals surface area contributed by atoms with Crippen LogP contribution < -0.4 is 10.1 Å². The van der Waals surface area contributed by atoms with Crippen LogP contribution in [-0.2, 0) is 6.54 Å². The number of hydrogen-bond donors (Lipinski definition) is 1. The largest absolute Gasteiger partial charge is 0.481 e. The van der Waals surface area contributed by atoms with Gasteiger partial charge in [-0.3, -0.25) is 4.79 Å². The fourth-order valence-corrected chi connectivity index (χ4v) is 2.73. The van der Waals surface area contributed by atoms with Crippen molar-refractivity contribution in [1.82, 2.24) is 14.7 Å². The minimum absolute atomic E-state index is 0.158. The molecule has 0 spiro atoms. The van der Waals surface area contributed by atoms with Gasteiger partial charge in [0, 0.05) is 11.6 Å². The fraction of sp³-hybridized carbons (Fsp3) is 0.118. The Bertz CT molecular complexity index is 802. The van der Waals surface area contributed by atoms with E-state index in [9.17, 15) is 4.79 Å². The number of amides is 1. The zero-order valence-electron chi connectivity index (χ0n) is 12.5. The molecule has 0 fully saturated rings. The molecule has 0 radical (unpaired) electrons. The van der Waals surface area contributed by atoms with E-state index in [4.69, 9.17) is 4.74 Å². The monoisotopic (exact) mass is 325 g/mol. The van der Waals surface area contributed by atoms with Crippen LogP contribution in [0, 0.1) is 0 Å². The highest BCUT2D eigenvalue weighted by Crippen LogP contribution is 2.21. The maximum absolute atomic E-state index is 12.2. The van der Waals surface area contributed by atoms with E-state index in [1.54, 1.807) is 19.2 Å². The number of rotatable bonds is 5. The lowest BCUT2D eigenvalue weighted by atomic mass is 10.1. The molecule has 2 heterocycles. The zero-order valence-corrected chi connectivity index (χ0v) is 13.3. The summed E-state index contributed by atoms with van der Waals surface area (Å²) < 4.78 is 9.40. The van der Waals surface area contributed by atoms with Gasteiger partial charge in [0.05, 0.1) is 25.0 Å². The van der Waals surface area contributed by atoms with E-state index in [1.165, 1.54) is 11.5 Å². The molecule has 5 nitrogen and oxygen atoms in total. The standard InChI is InChI=1S/C17H15N3O2S/c1-22-16-9-5-8-13(19-16)11-18-17(21)15-10-14(20-23-15)12-6-3-2-4-7-12/h2-10H,11H2,1H3,(H,18,21). The van der Waals surface area contributed by atoms with Crippen molar-refractivity contribution in [1.29, 1.82) is 0 Å². The Morgan fingerprint density at radius 1 is 1.17 bits per heavy atom. The molecule has 1 amide bonds. The van der Waals surface area contributed by atoms with Gasteiger partial charge in [0.1, 0.15) is 4.88 Å². The van der Waals surface area contributed by atoms with Gasteiger partial charge in [-0.2, -0.15) is 4.37 Å². The Morgan fingerprint density at radius 3 is 2.78 bits per heavy atom. The molecule has 0 aliphatic rings. The van der Waals surface area contributed by atoms with Crippen molar-refractivity contribution in [3.05, 3.63) is 65.2 Å². The predicted molar refractivity (Wildman–Crippen MR) is 89.5 cm³/mol. The van der Waals surface area contributed by atoms with Gasteiger partial charge in [0.25, 0.3) is 5.91 Å². The number of nitrogens with zero attached hydrogens (tertiary/aromatic N) is 2. The normalized spacial score (nSPS) is 10.3. The van der Waals surface area contributed by atoms with Crippen LogP contribution >= 0.6 is 11.5 Å². The number of carbonyl (C=O) groups is 1. The summed E-state index contributed by atoms with van der Waals surface area (Å²) in [7, 11) is 1.56. The van der Waals surface area contributed by atoms with Gasteiger partial charge in [-0.1, -0.05) is 36.4 Å². The molecule has 116 valence electrons. The van der Waals surface area contributed by atoms with Crippen molar-refractivity contribution in [2.45, 2.75) is 6.54 Å². The van der Waals surface area contributed by atoms with E-state index in [0.717, 1.165) is 17.0 Å². The van der Waals surface area contributed by atoms with E-state index >= 15 is 0 Å². The van der Waals surface area contributed by atoms with Gasteiger partial charge in [-0.15, -0.1) is 0 Å². The SMILES string of the molecule is COc1cccc(CNC(=O)c2cc(-c3ccccc3)ns2)n1. The Hall–Kier alpha value is -2.73. The van der Waals surface area contributed by atoms with Crippen LogP contribution in [0.3, 0.4) is 0 Å². The van der Waals surface area contributed by atoms with Crippen LogP contribution in [0.15, 0.2) is 54.6 Å². The third-order valence-corrected chi connectivity index (χ3v) is 4.01. The second-order valence-electron chi connectivity index (χ2n) is 4.80. The van der Waals surface area contributed by atoms with Gasteiger partial charge in [-0.25, -0.2) is 4.98 Å². The van der Waals surface area contributed by atoms with Crippen LogP contribution in [0.5, 0.6) is 5.88 Å². The summed E-state index contributed by atoms with van der Waals surface area (Å²) in [5, 5.41) is 2.84. The average molecular weight is 325 g/mol. The molecular weight excluding hydrogens is 310 g/mol. The minimum atomic E-state index is -0.158. The smallest absolute Gasteiger partial charge is 0.263 e. The van der Waals surface area contributed by atoms with Crippen molar-refractivity contribution in [3.63, 3.8) is 0 Å². The van der Waals surface area contributed by atoms with Crippen LogP contribution in [0.2, 0.25) is 0 Å². The van der Waals surface area contributed by atoms with Crippen molar-refractivity contribution in [3.8, 4) is 17.1 Å². The molecule has 0 saturated carbocycles. The molecule has 0 aliphatic heterocycles. The molecular formula is C17H15N3O2S.